The number of carboxylic acid groups (broad SMARTS) is 1. The lowest BCUT2D eigenvalue weighted by Crippen LogP contribution is -2.40. The first kappa shape index (κ1) is 15.1. The van der Waals surface area contributed by atoms with Crippen LogP contribution in [-0.4, -0.2) is 28.4 Å². The Hall–Kier alpha value is -1.33. The van der Waals surface area contributed by atoms with Crippen molar-refractivity contribution in [2.24, 2.45) is 5.92 Å². The minimum atomic E-state index is -0.835. The molecule has 1 aliphatic heterocycles. The topological polar surface area (TPSA) is 57.6 Å². The number of nitrogens with zero attached hydrogens (tertiary/aromatic N) is 1. The highest BCUT2D eigenvalue weighted by molar-refractivity contribution is 7.16. The number of aliphatic carboxylic acids is 1. The molecule has 0 aromatic carbocycles. The molecule has 1 aliphatic rings. The first-order chi connectivity index (χ1) is 9.47. The van der Waals surface area contributed by atoms with E-state index >= 15 is 0 Å². The summed E-state index contributed by atoms with van der Waals surface area (Å²) in [6.45, 7) is 6.21. The summed E-state index contributed by atoms with van der Waals surface area (Å²) in [5, 5.41) is 9.39. The molecule has 4 nitrogen and oxygen atoms in total. The Morgan fingerprint density at radius 3 is 2.95 bits per heavy atom. The molecular formula is C14H16ClNO3S. The lowest BCUT2D eigenvalue weighted by atomic mass is 9.82. The van der Waals surface area contributed by atoms with Crippen molar-refractivity contribution in [2.45, 2.75) is 25.8 Å². The molecule has 1 N–H and O–H groups in total. The Morgan fingerprint density at radius 2 is 2.40 bits per heavy atom. The molecule has 0 unspecified atom stereocenters. The van der Waals surface area contributed by atoms with Crippen LogP contribution in [0.4, 0.5) is 0 Å². The van der Waals surface area contributed by atoms with Crippen molar-refractivity contribution in [3.05, 3.63) is 33.5 Å². The summed E-state index contributed by atoms with van der Waals surface area (Å²) in [5.41, 5.74) is 0.974. The van der Waals surface area contributed by atoms with Crippen molar-refractivity contribution in [3.63, 3.8) is 0 Å². The first-order valence-electron chi connectivity index (χ1n) is 6.40. The van der Waals surface area contributed by atoms with Gasteiger partial charge in [0.2, 0.25) is 5.91 Å². The van der Waals surface area contributed by atoms with Gasteiger partial charge < -0.3 is 10.0 Å². The van der Waals surface area contributed by atoms with Gasteiger partial charge in [-0.15, -0.1) is 11.3 Å². The van der Waals surface area contributed by atoms with E-state index in [1.807, 2.05) is 13.0 Å². The summed E-state index contributed by atoms with van der Waals surface area (Å²) in [6, 6.07) is 1.84. The van der Waals surface area contributed by atoms with E-state index < -0.39 is 11.9 Å². The van der Waals surface area contributed by atoms with Crippen LogP contribution in [0.3, 0.4) is 0 Å². The highest BCUT2D eigenvalue weighted by atomic mass is 35.5. The number of amides is 1. The van der Waals surface area contributed by atoms with Gasteiger partial charge in [0.15, 0.2) is 0 Å². The van der Waals surface area contributed by atoms with Gasteiger partial charge in [-0.05, 0) is 24.1 Å². The SMILES string of the molecule is C=CC(=O)N1Cc2sc(Cl)cc2[C@H]([C@H](CC)C(=O)O)C1. The Bertz CT molecular complexity index is 555. The van der Waals surface area contributed by atoms with E-state index in [9.17, 15) is 14.7 Å². The molecule has 20 heavy (non-hydrogen) atoms. The summed E-state index contributed by atoms with van der Waals surface area (Å²) in [6.07, 6.45) is 1.78. The number of hydrogen-bond donors (Lipinski definition) is 1. The predicted molar refractivity (Wildman–Crippen MR) is 79.1 cm³/mol. The smallest absolute Gasteiger partial charge is 0.307 e. The lowest BCUT2D eigenvalue weighted by Gasteiger charge is -2.34. The molecule has 0 radical (unpaired) electrons. The molecule has 2 atom stereocenters. The zero-order valence-corrected chi connectivity index (χ0v) is 12.7. The van der Waals surface area contributed by atoms with E-state index in [1.165, 1.54) is 17.4 Å². The van der Waals surface area contributed by atoms with Crippen LogP contribution in [0.15, 0.2) is 18.7 Å². The van der Waals surface area contributed by atoms with Gasteiger partial charge in [-0.25, -0.2) is 0 Å². The summed E-state index contributed by atoms with van der Waals surface area (Å²) in [7, 11) is 0. The third-order valence-corrected chi connectivity index (χ3v) is 4.96. The molecule has 1 amide bonds. The van der Waals surface area contributed by atoms with Crippen LogP contribution in [0, 0.1) is 5.92 Å². The van der Waals surface area contributed by atoms with E-state index in [2.05, 4.69) is 6.58 Å². The van der Waals surface area contributed by atoms with E-state index in [0.717, 1.165) is 10.4 Å². The fraction of sp³-hybridized carbons (Fsp3) is 0.429. The molecule has 0 aliphatic carbocycles. The highest BCUT2D eigenvalue weighted by Gasteiger charge is 2.36. The summed E-state index contributed by atoms with van der Waals surface area (Å²) in [5.74, 6) is -1.74. The van der Waals surface area contributed by atoms with Crippen LogP contribution in [0.2, 0.25) is 4.34 Å². The molecule has 1 aromatic heterocycles. The van der Waals surface area contributed by atoms with Crippen LogP contribution < -0.4 is 0 Å². The maximum atomic E-state index is 11.8. The fourth-order valence-electron chi connectivity index (χ4n) is 2.69. The number of carboxylic acids is 1. The number of carbonyl (C=O) groups is 2. The molecular weight excluding hydrogens is 298 g/mol. The number of carbonyl (C=O) groups excluding carboxylic acids is 1. The van der Waals surface area contributed by atoms with Crippen molar-refractivity contribution in [3.8, 4) is 0 Å². The number of fused-ring (bicyclic) bond motifs is 1. The van der Waals surface area contributed by atoms with Crippen LogP contribution in [0.1, 0.15) is 29.7 Å². The van der Waals surface area contributed by atoms with Gasteiger partial charge in [-0.1, -0.05) is 25.1 Å². The van der Waals surface area contributed by atoms with E-state index in [0.29, 0.717) is 23.8 Å². The molecule has 1 aromatic rings. The molecule has 2 heterocycles. The standard InChI is InChI=1S/C14H16ClNO3S/c1-3-8(14(18)19)10-6-16(13(17)4-2)7-11-9(10)5-12(15)20-11/h4-5,8,10H,2-3,6-7H2,1H3,(H,18,19)/t8-,10-/m0/s1. The molecule has 0 spiro atoms. The second kappa shape index (κ2) is 5.97. The zero-order valence-electron chi connectivity index (χ0n) is 11.1. The molecule has 0 bridgehead atoms. The monoisotopic (exact) mass is 313 g/mol. The maximum Gasteiger partial charge on any atom is 0.307 e. The van der Waals surface area contributed by atoms with E-state index in [-0.39, 0.29) is 11.8 Å². The molecule has 0 saturated heterocycles. The second-order valence-corrected chi connectivity index (χ2v) is 6.58. The van der Waals surface area contributed by atoms with Crippen molar-refractivity contribution < 1.29 is 14.7 Å². The van der Waals surface area contributed by atoms with Crippen LogP contribution in [0.5, 0.6) is 0 Å². The quantitative estimate of drug-likeness (QED) is 0.869. The first-order valence-corrected chi connectivity index (χ1v) is 7.59. The lowest BCUT2D eigenvalue weighted by molar-refractivity contribution is -0.143. The summed E-state index contributed by atoms with van der Waals surface area (Å²) < 4.78 is 0.633. The van der Waals surface area contributed by atoms with Crippen molar-refractivity contribution >= 4 is 34.8 Å². The highest BCUT2D eigenvalue weighted by Crippen LogP contribution is 2.41. The maximum absolute atomic E-state index is 11.8. The summed E-state index contributed by atoms with van der Waals surface area (Å²) in [4.78, 5) is 25.9. The van der Waals surface area contributed by atoms with Crippen LogP contribution >= 0.6 is 22.9 Å². The Kier molecular flexibility index (Phi) is 4.50. The predicted octanol–water partition coefficient (Wildman–Crippen LogP) is 3.12. The third-order valence-electron chi connectivity index (χ3n) is 3.69. The van der Waals surface area contributed by atoms with Gasteiger partial charge in [0.25, 0.3) is 0 Å². The van der Waals surface area contributed by atoms with Crippen molar-refractivity contribution in [1.82, 2.24) is 4.90 Å². The zero-order chi connectivity index (χ0) is 14.9. The Labute approximate surface area is 126 Å². The Morgan fingerprint density at radius 1 is 1.70 bits per heavy atom. The average molecular weight is 314 g/mol. The molecule has 108 valence electrons. The van der Waals surface area contributed by atoms with Gasteiger partial charge in [-0.2, -0.15) is 0 Å². The van der Waals surface area contributed by atoms with Crippen LogP contribution in [0.25, 0.3) is 0 Å². The normalized spacial score (nSPS) is 19.3. The largest absolute Gasteiger partial charge is 0.481 e. The number of thiophene rings is 1. The third kappa shape index (κ3) is 2.74. The molecule has 6 heteroatoms. The minimum absolute atomic E-state index is 0.176. The van der Waals surface area contributed by atoms with Gasteiger partial charge in [-0.3, -0.25) is 9.59 Å². The molecule has 2 rings (SSSR count). The summed E-state index contributed by atoms with van der Waals surface area (Å²) >= 11 is 7.46. The second-order valence-electron chi connectivity index (χ2n) is 4.81. The van der Waals surface area contributed by atoms with Gasteiger partial charge in [0, 0.05) is 17.3 Å². The van der Waals surface area contributed by atoms with Crippen LogP contribution in [-0.2, 0) is 16.1 Å². The van der Waals surface area contributed by atoms with E-state index in [1.54, 1.807) is 4.90 Å². The number of rotatable bonds is 4. The van der Waals surface area contributed by atoms with Gasteiger partial charge in [0.1, 0.15) is 0 Å². The molecule has 0 fully saturated rings. The van der Waals surface area contributed by atoms with E-state index in [4.69, 9.17) is 11.6 Å². The number of halogens is 1. The van der Waals surface area contributed by atoms with Crippen molar-refractivity contribution in [2.75, 3.05) is 6.54 Å². The van der Waals surface area contributed by atoms with Crippen molar-refractivity contribution in [1.29, 1.82) is 0 Å². The molecule has 0 saturated carbocycles. The van der Waals surface area contributed by atoms with Gasteiger partial charge in [0.05, 0.1) is 16.8 Å². The fourth-order valence-corrected chi connectivity index (χ4v) is 4.06. The number of hydrogen-bond acceptors (Lipinski definition) is 3. The average Bonchev–Trinajstić information content (AvgIpc) is 2.78. The van der Waals surface area contributed by atoms with Gasteiger partial charge >= 0.3 is 5.97 Å². The minimum Gasteiger partial charge on any atom is -0.481 e. The Balaban J connectivity index is 2.41.